The summed E-state index contributed by atoms with van der Waals surface area (Å²) in [5, 5.41) is -0.0382. The van der Waals surface area contributed by atoms with Crippen LogP contribution in [0.5, 0.6) is 0 Å². The molecule has 94 valence electrons. The Kier molecular flexibility index (Phi) is 4.35. The van der Waals surface area contributed by atoms with Crippen LogP contribution in [0.4, 0.5) is 8.78 Å². The second-order valence-corrected chi connectivity index (χ2v) is 4.98. The van der Waals surface area contributed by atoms with E-state index >= 15 is 0 Å². The number of hydrogen-bond acceptors (Lipinski definition) is 1. The predicted octanol–water partition coefficient (Wildman–Crippen LogP) is 3.54. The van der Waals surface area contributed by atoms with E-state index in [1.807, 2.05) is 0 Å². The first-order valence-corrected chi connectivity index (χ1v) is 6.26. The minimum absolute atomic E-state index is 0.0382. The standard InChI is InChI=1S/C13H15ClF2O/c14-11(10-3-5-17-6-4-10)7-9-1-2-12(15)13(16)8-9/h1-2,8,10-11H,3-7H2. The normalized spacial score (nSPS) is 19.2. The maximum Gasteiger partial charge on any atom is 0.159 e. The summed E-state index contributed by atoms with van der Waals surface area (Å²) in [6, 6.07) is 3.97. The molecule has 0 spiro atoms. The van der Waals surface area contributed by atoms with Crippen molar-refractivity contribution in [2.45, 2.75) is 24.6 Å². The molecule has 0 bridgehead atoms. The van der Waals surface area contributed by atoms with Crippen molar-refractivity contribution in [3.8, 4) is 0 Å². The fourth-order valence-electron chi connectivity index (χ4n) is 2.14. The van der Waals surface area contributed by atoms with Gasteiger partial charge < -0.3 is 4.74 Å². The molecule has 17 heavy (non-hydrogen) atoms. The molecule has 0 radical (unpaired) electrons. The predicted molar refractivity (Wildman–Crippen MR) is 63.2 cm³/mol. The average Bonchev–Trinajstić information content (AvgIpc) is 2.35. The van der Waals surface area contributed by atoms with Crippen LogP contribution in [0.25, 0.3) is 0 Å². The second-order valence-electron chi connectivity index (χ2n) is 4.42. The van der Waals surface area contributed by atoms with Crippen LogP contribution in [0, 0.1) is 17.6 Å². The lowest BCUT2D eigenvalue weighted by molar-refractivity contribution is 0.0651. The monoisotopic (exact) mass is 260 g/mol. The zero-order valence-electron chi connectivity index (χ0n) is 9.46. The number of benzene rings is 1. The van der Waals surface area contributed by atoms with Crippen LogP contribution < -0.4 is 0 Å². The van der Waals surface area contributed by atoms with Gasteiger partial charge in [-0.25, -0.2) is 8.78 Å². The molecule has 1 heterocycles. The van der Waals surface area contributed by atoms with Gasteiger partial charge in [0.15, 0.2) is 11.6 Å². The van der Waals surface area contributed by atoms with Gasteiger partial charge in [-0.1, -0.05) is 6.07 Å². The van der Waals surface area contributed by atoms with Gasteiger partial charge in [0, 0.05) is 18.6 Å². The van der Waals surface area contributed by atoms with Crippen molar-refractivity contribution in [3.05, 3.63) is 35.4 Å². The summed E-state index contributed by atoms with van der Waals surface area (Å²) in [6.45, 7) is 1.48. The van der Waals surface area contributed by atoms with Crippen LogP contribution in [-0.4, -0.2) is 18.6 Å². The van der Waals surface area contributed by atoms with E-state index in [-0.39, 0.29) is 5.38 Å². The zero-order valence-corrected chi connectivity index (χ0v) is 10.2. The third kappa shape index (κ3) is 3.39. The van der Waals surface area contributed by atoms with Gasteiger partial charge in [-0.3, -0.25) is 0 Å². The molecule has 0 saturated carbocycles. The van der Waals surface area contributed by atoms with E-state index in [1.165, 1.54) is 6.07 Å². The van der Waals surface area contributed by atoms with E-state index in [4.69, 9.17) is 16.3 Å². The highest BCUT2D eigenvalue weighted by atomic mass is 35.5. The molecule has 1 atom stereocenters. The smallest absolute Gasteiger partial charge is 0.159 e. The molecule has 2 rings (SSSR count). The van der Waals surface area contributed by atoms with Crippen molar-refractivity contribution in [3.63, 3.8) is 0 Å². The minimum atomic E-state index is -0.814. The molecule has 0 aliphatic carbocycles. The molecule has 1 aromatic carbocycles. The van der Waals surface area contributed by atoms with Crippen molar-refractivity contribution in [1.82, 2.24) is 0 Å². The minimum Gasteiger partial charge on any atom is -0.381 e. The van der Waals surface area contributed by atoms with Crippen LogP contribution in [0.1, 0.15) is 18.4 Å². The molecule has 1 saturated heterocycles. The molecule has 1 fully saturated rings. The quantitative estimate of drug-likeness (QED) is 0.756. The summed E-state index contributed by atoms with van der Waals surface area (Å²) in [7, 11) is 0. The van der Waals surface area contributed by atoms with Crippen molar-refractivity contribution >= 4 is 11.6 Å². The Morgan fingerprint density at radius 3 is 2.59 bits per heavy atom. The lowest BCUT2D eigenvalue weighted by Crippen LogP contribution is -2.25. The first-order valence-electron chi connectivity index (χ1n) is 5.82. The van der Waals surface area contributed by atoms with Crippen LogP contribution in [0.2, 0.25) is 0 Å². The Hall–Kier alpha value is -0.670. The number of ether oxygens (including phenoxy) is 1. The van der Waals surface area contributed by atoms with Crippen molar-refractivity contribution in [2.75, 3.05) is 13.2 Å². The topological polar surface area (TPSA) is 9.23 Å². The van der Waals surface area contributed by atoms with Gasteiger partial charge in [0.25, 0.3) is 0 Å². The van der Waals surface area contributed by atoms with Crippen molar-refractivity contribution in [1.29, 1.82) is 0 Å². The van der Waals surface area contributed by atoms with Gasteiger partial charge in [-0.2, -0.15) is 0 Å². The molecule has 0 amide bonds. The van der Waals surface area contributed by atoms with E-state index in [9.17, 15) is 8.78 Å². The molecule has 1 aliphatic heterocycles. The Balaban J connectivity index is 1.96. The Labute approximate surface area is 105 Å². The Bertz CT molecular complexity index is 378. The van der Waals surface area contributed by atoms with E-state index < -0.39 is 11.6 Å². The molecule has 4 heteroatoms. The molecule has 1 aromatic rings. The van der Waals surface area contributed by atoms with Gasteiger partial charge in [-0.05, 0) is 42.9 Å². The second kappa shape index (κ2) is 5.78. The first-order chi connectivity index (χ1) is 8.16. The summed E-state index contributed by atoms with van der Waals surface area (Å²) in [4.78, 5) is 0. The fraction of sp³-hybridized carbons (Fsp3) is 0.538. The number of alkyl halides is 1. The van der Waals surface area contributed by atoms with Crippen molar-refractivity contribution < 1.29 is 13.5 Å². The van der Waals surface area contributed by atoms with Crippen LogP contribution in [0.15, 0.2) is 18.2 Å². The molecule has 1 unspecified atom stereocenters. The van der Waals surface area contributed by atoms with E-state index in [2.05, 4.69) is 0 Å². The van der Waals surface area contributed by atoms with Crippen molar-refractivity contribution in [2.24, 2.45) is 5.92 Å². The molecule has 0 N–H and O–H groups in total. The molecule has 0 aromatic heterocycles. The van der Waals surface area contributed by atoms with E-state index in [0.717, 1.165) is 37.7 Å². The van der Waals surface area contributed by atoms with E-state index in [1.54, 1.807) is 6.07 Å². The van der Waals surface area contributed by atoms with Crippen LogP contribution in [0.3, 0.4) is 0 Å². The Morgan fingerprint density at radius 1 is 1.24 bits per heavy atom. The van der Waals surface area contributed by atoms with Gasteiger partial charge in [0.05, 0.1) is 0 Å². The largest absolute Gasteiger partial charge is 0.381 e. The molecular formula is C13H15ClF2O. The number of hydrogen-bond donors (Lipinski definition) is 0. The summed E-state index contributed by atoms with van der Waals surface area (Å²) < 4.78 is 31.1. The summed E-state index contributed by atoms with van der Waals surface area (Å²) in [5.41, 5.74) is 0.746. The highest BCUT2D eigenvalue weighted by Crippen LogP contribution is 2.26. The highest BCUT2D eigenvalue weighted by Gasteiger charge is 2.22. The Morgan fingerprint density at radius 2 is 1.94 bits per heavy atom. The zero-order chi connectivity index (χ0) is 12.3. The first kappa shape index (κ1) is 12.8. The van der Waals surface area contributed by atoms with Gasteiger partial charge in [-0.15, -0.1) is 11.6 Å². The van der Waals surface area contributed by atoms with Gasteiger partial charge >= 0.3 is 0 Å². The third-order valence-corrected chi connectivity index (χ3v) is 3.70. The maximum absolute atomic E-state index is 13.0. The SMILES string of the molecule is Fc1ccc(CC(Cl)C2CCOCC2)cc1F. The fourth-order valence-corrected chi connectivity index (χ4v) is 2.57. The molecule has 1 nitrogen and oxygen atoms in total. The number of halogens is 3. The highest BCUT2D eigenvalue weighted by molar-refractivity contribution is 6.20. The van der Waals surface area contributed by atoms with Crippen LogP contribution in [-0.2, 0) is 11.2 Å². The maximum atomic E-state index is 13.0. The van der Waals surface area contributed by atoms with Crippen LogP contribution >= 0.6 is 11.6 Å². The van der Waals surface area contributed by atoms with Gasteiger partial charge in [0.2, 0.25) is 0 Å². The summed E-state index contributed by atoms with van der Waals surface area (Å²) in [5.74, 6) is -1.22. The molecular weight excluding hydrogens is 246 g/mol. The summed E-state index contributed by atoms with van der Waals surface area (Å²) >= 11 is 6.31. The lowest BCUT2D eigenvalue weighted by atomic mass is 9.92. The lowest BCUT2D eigenvalue weighted by Gasteiger charge is -2.26. The molecule has 1 aliphatic rings. The average molecular weight is 261 g/mol. The third-order valence-electron chi connectivity index (χ3n) is 3.19. The number of rotatable bonds is 3. The summed E-state index contributed by atoms with van der Waals surface area (Å²) in [6.07, 6.45) is 2.46. The van der Waals surface area contributed by atoms with E-state index in [0.29, 0.717) is 12.3 Å². The van der Waals surface area contributed by atoms with Gasteiger partial charge in [0.1, 0.15) is 0 Å².